The van der Waals surface area contributed by atoms with Gasteiger partial charge in [-0.1, -0.05) is 31.2 Å². The number of aryl methyl sites for hydroxylation is 2. The van der Waals surface area contributed by atoms with Crippen molar-refractivity contribution in [3.63, 3.8) is 0 Å². The molecule has 0 saturated carbocycles. The number of nitrogens with one attached hydrogen (secondary N) is 3. The first-order valence-corrected chi connectivity index (χ1v) is 8.23. The molecule has 0 spiro atoms. The zero-order valence-electron chi connectivity index (χ0n) is 14.1. The molecule has 1 amide bonds. The number of para-hydroxylation sites is 1. The number of hydrogen-bond donors (Lipinski definition) is 3. The van der Waals surface area contributed by atoms with Crippen molar-refractivity contribution in [2.75, 3.05) is 11.9 Å². The summed E-state index contributed by atoms with van der Waals surface area (Å²) in [5.41, 5.74) is 8.17. The van der Waals surface area contributed by atoms with Crippen LogP contribution in [0.1, 0.15) is 18.1 Å². The molecule has 0 heterocycles. The maximum absolute atomic E-state index is 13.0. The zero-order valence-corrected chi connectivity index (χ0v) is 14.9. The van der Waals surface area contributed by atoms with Crippen LogP contribution in [0.3, 0.4) is 0 Å². The molecule has 0 bridgehead atoms. The lowest BCUT2D eigenvalue weighted by Gasteiger charge is -2.16. The van der Waals surface area contributed by atoms with Gasteiger partial charge in [-0.15, -0.1) is 0 Å². The summed E-state index contributed by atoms with van der Waals surface area (Å²) in [5, 5.41) is 3.35. The lowest BCUT2D eigenvalue weighted by atomic mass is 10.1. The van der Waals surface area contributed by atoms with Crippen molar-refractivity contribution in [1.29, 1.82) is 0 Å². The molecule has 0 aromatic heterocycles. The fraction of sp³-hybridized carbons (Fsp3) is 0.222. The van der Waals surface area contributed by atoms with Gasteiger partial charge in [-0.25, -0.2) is 4.39 Å². The van der Waals surface area contributed by atoms with Gasteiger partial charge >= 0.3 is 0 Å². The Balaban J connectivity index is 1.81. The van der Waals surface area contributed by atoms with Crippen LogP contribution in [-0.2, 0) is 11.2 Å². The molecule has 0 aliphatic carbocycles. The normalized spacial score (nSPS) is 10.0. The standard InChI is InChI=1S/C18H20FN3O2S/c1-3-13-7-4-6-12(2)17(13)20-18(25)22-21-16(23)11-24-15-9-5-8-14(19)10-15/h4-10H,3,11H2,1-2H3,(H,21,23)(H2,20,22,25). The Morgan fingerprint density at radius 1 is 1.20 bits per heavy atom. The molecule has 0 unspecified atom stereocenters. The van der Waals surface area contributed by atoms with Crippen LogP contribution < -0.4 is 20.9 Å². The fourth-order valence-corrected chi connectivity index (χ4v) is 2.37. The Hall–Kier alpha value is -2.67. The fourth-order valence-electron chi connectivity index (χ4n) is 2.22. The van der Waals surface area contributed by atoms with Gasteiger partial charge in [-0.05, 0) is 48.8 Å². The van der Waals surface area contributed by atoms with Crippen LogP contribution in [0.4, 0.5) is 10.1 Å². The zero-order chi connectivity index (χ0) is 18.2. The molecule has 132 valence electrons. The molecular formula is C18H20FN3O2S. The van der Waals surface area contributed by atoms with E-state index in [1.54, 1.807) is 6.07 Å². The van der Waals surface area contributed by atoms with E-state index in [1.807, 2.05) is 25.1 Å². The number of carbonyl (C=O) groups excluding carboxylic acids is 1. The first-order valence-electron chi connectivity index (χ1n) is 7.82. The van der Waals surface area contributed by atoms with Gasteiger partial charge in [0.25, 0.3) is 5.91 Å². The van der Waals surface area contributed by atoms with E-state index in [2.05, 4.69) is 23.1 Å². The Labute approximate surface area is 151 Å². The van der Waals surface area contributed by atoms with Gasteiger partial charge in [0.15, 0.2) is 11.7 Å². The van der Waals surface area contributed by atoms with Gasteiger partial charge in [0.05, 0.1) is 0 Å². The monoisotopic (exact) mass is 361 g/mol. The Morgan fingerprint density at radius 2 is 1.96 bits per heavy atom. The molecule has 0 radical (unpaired) electrons. The molecule has 7 heteroatoms. The summed E-state index contributed by atoms with van der Waals surface area (Å²) in [6.45, 7) is 3.78. The molecule has 0 atom stereocenters. The predicted molar refractivity (Wildman–Crippen MR) is 100.0 cm³/mol. The number of halogens is 1. The summed E-state index contributed by atoms with van der Waals surface area (Å²) in [4.78, 5) is 11.8. The summed E-state index contributed by atoms with van der Waals surface area (Å²) in [5.74, 6) is -0.580. The number of amides is 1. The first kappa shape index (κ1) is 18.7. The molecule has 0 saturated heterocycles. The minimum Gasteiger partial charge on any atom is -0.484 e. The number of hydrazine groups is 1. The van der Waals surface area contributed by atoms with Gasteiger partial charge in [0.2, 0.25) is 0 Å². The van der Waals surface area contributed by atoms with Crippen molar-refractivity contribution in [3.8, 4) is 5.75 Å². The summed E-state index contributed by atoms with van der Waals surface area (Å²) in [6.07, 6.45) is 0.862. The van der Waals surface area contributed by atoms with E-state index < -0.39 is 11.7 Å². The van der Waals surface area contributed by atoms with Crippen molar-refractivity contribution < 1.29 is 13.9 Å². The number of rotatable bonds is 5. The third-order valence-corrected chi connectivity index (χ3v) is 3.66. The van der Waals surface area contributed by atoms with Crippen molar-refractivity contribution in [1.82, 2.24) is 10.9 Å². The van der Waals surface area contributed by atoms with Gasteiger partial charge in [-0.3, -0.25) is 15.6 Å². The molecule has 2 rings (SSSR count). The lowest BCUT2D eigenvalue weighted by Crippen LogP contribution is -2.45. The Morgan fingerprint density at radius 3 is 2.68 bits per heavy atom. The largest absolute Gasteiger partial charge is 0.484 e. The minimum atomic E-state index is -0.436. The molecular weight excluding hydrogens is 341 g/mol. The molecule has 5 nitrogen and oxygen atoms in total. The average Bonchev–Trinajstić information content (AvgIpc) is 2.60. The molecule has 0 fully saturated rings. The SMILES string of the molecule is CCc1cccc(C)c1NC(=S)NNC(=O)COc1cccc(F)c1. The highest BCUT2D eigenvalue weighted by Gasteiger charge is 2.08. The van der Waals surface area contributed by atoms with Crippen LogP contribution >= 0.6 is 12.2 Å². The minimum absolute atomic E-state index is 0.260. The van der Waals surface area contributed by atoms with Gasteiger partial charge < -0.3 is 10.1 Å². The molecule has 0 aliphatic heterocycles. The summed E-state index contributed by atoms with van der Waals surface area (Å²) in [7, 11) is 0. The maximum atomic E-state index is 13.0. The van der Waals surface area contributed by atoms with E-state index in [4.69, 9.17) is 17.0 Å². The third-order valence-electron chi connectivity index (χ3n) is 3.46. The number of hydrogen-bond acceptors (Lipinski definition) is 3. The van der Waals surface area contributed by atoms with Crippen LogP contribution in [0.25, 0.3) is 0 Å². The molecule has 3 N–H and O–H groups in total. The van der Waals surface area contributed by atoms with E-state index >= 15 is 0 Å². The maximum Gasteiger partial charge on any atom is 0.276 e. The highest BCUT2D eigenvalue weighted by molar-refractivity contribution is 7.80. The number of ether oxygens (including phenoxy) is 1. The van der Waals surface area contributed by atoms with Crippen LogP contribution in [0, 0.1) is 12.7 Å². The molecule has 2 aromatic rings. The van der Waals surface area contributed by atoms with E-state index in [0.29, 0.717) is 0 Å². The molecule has 25 heavy (non-hydrogen) atoms. The summed E-state index contributed by atoms with van der Waals surface area (Å²) < 4.78 is 18.2. The predicted octanol–water partition coefficient (Wildman–Crippen LogP) is 3.09. The van der Waals surface area contributed by atoms with E-state index in [0.717, 1.165) is 23.2 Å². The topological polar surface area (TPSA) is 62.4 Å². The number of thiocarbonyl (C=S) groups is 1. The van der Waals surface area contributed by atoms with Gasteiger partial charge in [-0.2, -0.15) is 0 Å². The highest BCUT2D eigenvalue weighted by Crippen LogP contribution is 2.20. The Bertz CT molecular complexity index is 768. The highest BCUT2D eigenvalue weighted by atomic mass is 32.1. The average molecular weight is 361 g/mol. The van der Waals surface area contributed by atoms with Crippen LogP contribution in [0.5, 0.6) is 5.75 Å². The second-order valence-electron chi connectivity index (χ2n) is 5.34. The van der Waals surface area contributed by atoms with Crippen LogP contribution in [-0.4, -0.2) is 17.6 Å². The van der Waals surface area contributed by atoms with E-state index in [1.165, 1.54) is 18.2 Å². The second-order valence-corrected chi connectivity index (χ2v) is 5.74. The molecule has 0 aliphatic rings. The quantitative estimate of drug-likeness (QED) is 0.564. The Kier molecular flexibility index (Phi) is 6.71. The van der Waals surface area contributed by atoms with Gasteiger partial charge in [0, 0.05) is 11.8 Å². The number of benzene rings is 2. The van der Waals surface area contributed by atoms with Crippen molar-refractivity contribution in [3.05, 3.63) is 59.4 Å². The van der Waals surface area contributed by atoms with Crippen LogP contribution in [0.2, 0.25) is 0 Å². The number of anilines is 1. The lowest BCUT2D eigenvalue weighted by molar-refractivity contribution is -0.123. The van der Waals surface area contributed by atoms with Crippen LogP contribution in [0.15, 0.2) is 42.5 Å². The summed E-state index contributed by atoms with van der Waals surface area (Å²) in [6, 6.07) is 11.6. The van der Waals surface area contributed by atoms with Crippen molar-refractivity contribution in [2.45, 2.75) is 20.3 Å². The number of carbonyl (C=O) groups is 1. The van der Waals surface area contributed by atoms with E-state index in [9.17, 15) is 9.18 Å². The first-order chi connectivity index (χ1) is 12.0. The summed E-state index contributed by atoms with van der Waals surface area (Å²) >= 11 is 5.19. The second kappa shape index (κ2) is 8.98. The smallest absolute Gasteiger partial charge is 0.276 e. The molecule has 2 aromatic carbocycles. The van der Waals surface area contributed by atoms with E-state index in [-0.39, 0.29) is 17.5 Å². The van der Waals surface area contributed by atoms with Gasteiger partial charge in [0.1, 0.15) is 11.6 Å². The third kappa shape index (κ3) is 5.72. The van der Waals surface area contributed by atoms with Crippen molar-refractivity contribution in [2.24, 2.45) is 0 Å². The van der Waals surface area contributed by atoms with Crippen molar-refractivity contribution >= 4 is 28.9 Å².